The number of aromatic nitrogens is 3. The van der Waals surface area contributed by atoms with Crippen LogP contribution >= 0.6 is 11.8 Å². The summed E-state index contributed by atoms with van der Waals surface area (Å²) in [7, 11) is 1.64. The summed E-state index contributed by atoms with van der Waals surface area (Å²) in [5, 5.41) is 12.3. The summed E-state index contributed by atoms with van der Waals surface area (Å²) in [6.07, 6.45) is 1.60. The molecule has 8 heteroatoms. The molecule has 0 spiro atoms. The first kappa shape index (κ1) is 20.0. The van der Waals surface area contributed by atoms with E-state index >= 15 is 0 Å². The first-order chi connectivity index (χ1) is 13.5. The normalized spacial score (nSPS) is 12.2. The predicted octanol–water partition coefficient (Wildman–Crippen LogP) is 4.10. The minimum atomic E-state index is -0.180. The molecule has 3 rings (SSSR count). The lowest BCUT2D eigenvalue weighted by atomic mass is 10.2. The van der Waals surface area contributed by atoms with Crippen molar-refractivity contribution >= 4 is 17.7 Å². The van der Waals surface area contributed by atoms with E-state index in [0.29, 0.717) is 5.16 Å². The molecule has 2 heterocycles. The fourth-order valence-corrected chi connectivity index (χ4v) is 3.68. The van der Waals surface area contributed by atoms with Crippen LogP contribution in [0.15, 0.2) is 52.2 Å². The number of furan rings is 1. The van der Waals surface area contributed by atoms with Crippen LogP contribution in [0.2, 0.25) is 0 Å². The molecule has 0 aliphatic carbocycles. The third kappa shape index (κ3) is 4.56. The Bertz CT molecular complexity index is 904. The van der Waals surface area contributed by atoms with Crippen LogP contribution in [0, 0.1) is 0 Å². The number of hydrogen-bond acceptors (Lipinski definition) is 6. The third-order valence-corrected chi connectivity index (χ3v) is 5.15. The number of methoxy groups -OCH3 is 1. The van der Waals surface area contributed by atoms with Gasteiger partial charge in [0.2, 0.25) is 5.91 Å². The van der Waals surface area contributed by atoms with E-state index in [-0.39, 0.29) is 23.7 Å². The van der Waals surface area contributed by atoms with Gasteiger partial charge in [-0.25, -0.2) is 0 Å². The quantitative estimate of drug-likeness (QED) is 0.573. The molecule has 0 bridgehead atoms. The summed E-state index contributed by atoms with van der Waals surface area (Å²) >= 11 is 1.37. The molecule has 0 saturated heterocycles. The highest BCUT2D eigenvalue weighted by Crippen LogP contribution is 2.28. The predicted molar refractivity (Wildman–Crippen MR) is 108 cm³/mol. The van der Waals surface area contributed by atoms with Gasteiger partial charge in [0, 0.05) is 11.6 Å². The molecular weight excluding hydrogens is 376 g/mol. The fourth-order valence-electron chi connectivity index (χ4n) is 2.80. The maximum Gasteiger partial charge on any atom is 0.231 e. The standard InChI is InChI=1S/C20H24N4O3S/c1-13(2)24-19(15-7-9-16(26-4)10-8-15)22-23-20(24)28-12-18(25)21-14(3)17-6-5-11-27-17/h5-11,13-14H,12H2,1-4H3,(H,21,25)/t14-/m1/s1. The SMILES string of the molecule is COc1ccc(-c2nnc(SCC(=O)N[C@H](C)c3ccco3)n2C(C)C)cc1. The van der Waals surface area contributed by atoms with E-state index < -0.39 is 0 Å². The van der Waals surface area contributed by atoms with Gasteiger partial charge < -0.3 is 14.5 Å². The number of carbonyl (C=O) groups excluding carboxylic acids is 1. The Hall–Kier alpha value is -2.74. The molecular formula is C20H24N4O3S. The zero-order valence-electron chi connectivity index (χ0n) is 16.4. The molecule has 1 amide bonds. The molecule has 0 saturated carbocycles. The molecule has 0 radical (unpaired) electrons. The van der Waals surface area contributed by atoms with Gasteiger partial charge in [0.15, 0.2) is 11.0 Å². The fraction of sp³-hybridized carbons (Fsp3) is 0.350. The van der Waals surface area contributed by atoms with Crippen LogP contribution in [0.1, 0.15) is 38.6 Å². The van der Waals surface area contributed by atoms with Crippen LogP contribution in [0.4, 0.5) is 0 Å². The molecule has 1 N–H and O–H groups in total. The highest BCUT2D eigenvalue weighted by Gasteiger charge is 2.19. The molecule has 28 heavy (non-hydrogen) atoms. The van der Waals surface area contributed by atoms with Crippen molar-refractivity contribution < 1.29 is 13.9 Å². The first-order valence-corrected chi connectivity index (χ1v) is 10.0. The number of nitrogens with one attached hydrogen (secondary N) is 1. The van der Waals surface area contributed by atoms with Gasteiger partial charge in [0.1, 0.15) is 11.5 Å². The lowest BCUT2D eigenvalue weighted by molar-refractivity contribution is -0.119. The van der Waals surface area contributed by atoms with Gasteiger partial charge in [-0.3, -0.25) is 9.36 Å². The molecule has 1 atom stereocenters. The van der Waals surface area contributed by atoms with E-state index in [9.17, 15) is 4.79 Å². The Kier molecular flexibility index (Phi) is 6.41. The van der Waals surface area contributed by atoms with Crippen molar-refractivity contribution in [3.05, 3.63) is 48.4 Å². The molecule has 0 aliphatic heterocycles. The van der Waals surface area contributed by atoms with Gasteiger partial charge in [0.05, 0.1) is 25.2 Å². The van der Waals surface area contributed by atoms with Gasteiger partial charge in [0.25, 0.3) is 0 Å². The van der Waals surface area contributed by atoms with E-state index in [2.05, 4.69) is 29.4 Å². The molecule has 148 valence electrons. The van der Waals surface area contributed by atoms with Gasteiger partial charge in [-0.2, -0.15) is 0 Å². The second kappa shape index (κ2) is 8.97. The third-order valence-electron chi connectivity index (χ3n) is 4.21. The van der Waals surface area contributed by atoms with Crippen LogP contribution in [0.3, 0.4) is 0 Å². The monoisotopic (exact) mass is 400 g/mol. The van der Waals surface area contributed by atoms with Crippen LogP contribution in [0.5, 0.6) is 5.75 Å². The number of nitrogens with zero attached hydrogens (tertiary/aromatic N) is 3. The average Bonchev–Trinajstić information content (AvgIpc) is 3.36. The number of rotatable bonds is 8. The molecule has 3 aromatic rings. The van der Waals surface area contributed by atoms with E-state index in [1.165, 1.54) is 11.8 Å². The largest absolute Gasteiger partial charge is 0.497 e. The van der Waals surface area contributed by atoms with Crippen molar-refractivity contribution in [2.24, 2.45) is 0 Å². The minimum absolute atomic E-state index is 0.0850. The summed E-state index contributed by atoms with van der Waals surface area (Å²) in [6.45, 7) is 6.03. The van der Waals surface area contributed by atoms with Crippen molar-refractivity contribution in [3.8, 4) is 17.1 Å². The Labute approximate surface area is 168 Å². The summed E-state index contributed by atoms with van der Waals surface area (Å²) in [5.41, 5.74) is 0.949. The topological polar surface area (TPSA) is 82.2 Å². The van der Waals surface area contributed by atoms with Crippen molar-refractivity contribution in [2.75, 3.05) is 12.9 Å². The number of amides is 1. The lowest BCUT2D eigenvalue weighted by Gasteiger charge is -2.14. The van der Waals surface area contributed by atoms with E-state index in [4.69, 9.17) is 9.15 Å². The number of ether oxygens (including phenoxy) is 1. The highest BCUT2D eigenvalue weighted by atomic mass is 32.2. The van der Waals surface area contributed by atoms with Crippen molar-refractivity contribution in [1.82, 2.24) is 20.1 Å². The van der Waals surface area contributed by atoms with Crippen molar-refractivity contribution in [1.29, 1.82) is 0 Å². The summed E-state index contributed by atoms with van der Waals surface area (Å²) in [5.74, 6) is 2.45. The van der Waals surface area contributed by atoms with Crippen LogP contribution in [-0.4, -0.2) is 33.5 Å². The molecule has 2 aromatic heterocycles. The lowest BCUT2D eigenvalue weighted by Crippen LogP contribution is -2.28. The summed E-state index contributed by atoms with van der Waals surface area (Å²) in [6, 6.07) is 11.3. The molecule has 0 unspecified atom stereocenters. The average molecular weight is 401 g/mol. The molecule has 0 aliphatic rings. The maximum absolute atomic E-state index is 12.3. The van der Waals surface area contributed by atoms with Crippen molar-refractivity contribution in [2.45, 2.75) is 38.0 Å². The molecule has 1 aromatic carbocycles. The minimum Gasteiger partial charge on any atom is -0.497 e. The summed E-state index contributed by atoms with van der Waals surface area (Å²) < 4.78 is 12.6. The number of benzene rings is 1. The zero-order valence-corrected chi connectivity index (χ0v) is 17.2. The highest BCUT2D eigenvalue weighted by molar-refractivity contribution is 7.99. The van der Waals surface area contributed by atoms with Crippen molar-refractivity contribution in [3.63, 3.8) is 0 Å². The van der Waals surface area contributed by atoms with E-state index in [1.54, 1.807) is 19.4 Å². The molecule has 0 fully saturated rings. The Morgan fingerprint density at radius 1 is 1.21 bits per heavy atom. The smallest absolute Gasteiger partial charge is 0.231 e. The van der Waals surface area contributed by atoms with Crippen LogP contribution in [-0.2, 0) is 4.79 Å². The number of thioether (sulfide) groups is 1. The van der Waals surface area contributed by atoms with Gasteiger partial charge >= 0.3 is 0 Å². The second-order valence-electron chi connectivity index (χ2n) is 6.59. The number of hydrogen-bond donors (Lipinski definition) is 1. The van der Waals surface area contributed by atoms with E-state index in [0.717, 1.165) is 22.9 Å². The number of carbonyl (C=O) groups is 1. The Balaban J connectivity index is 1.70. The maximum atomic E-state index is 12.3. The Morgan fingerprint density at radius 2 is 1.96 bits per heavy atom. The van der Waals surface area contributed by atoms with Gasteiger partial charge in [-0.1, -0.05) is 11.8 Å². The van der Waals surface area contributed by atoms with Gasteiger partial charge in [-0.15, -0.1) is 10.2 Å². The van der Waals surface area contributed by atoms with Crippen LogP contribution < -0.4 is 10.1 Å². The first-order valence-electron chi connectivity index (χ1n) is 9.04. The summed E-state index contributed by atoms with van der Waals surface area (Å²) in [4.78, 5) is 12.3. The zero-order chi connectivity index (χ0) is 20.1. The molecule has 7 nitrogen and oxygen atoms in total. The Morgan fingerprint density at radius 3 is 2.57 bits per heavy atom. The van der Waals surface area contributed by atoms with E-state index in [1.807, 2.05) is 41.8 Å². The second-order valence-corrected chi connectivity index (χ2v) is 7.53. The van der Waals surface area contributed by atoms with Crippen LogP contribution in [0.25, 0.3) is 11.4 Å². The van der Waals surface area contributed by atoms with Gasteiger partial charge in [-0.05, 0) is 57.2 Å².